The predicted molar refractivity (Wildman–Crippen MR) is 98.4 cm³/mol. The summed E-state index contributed by atoms with van der Waals surface area (Å²) in [5.74, 6) is 1.11. The zero-order chi connectivity index (χ0) is 17.2. The van der Waals surface area contributed by atoms with Gasteiger partial charge in [0.2, 0.25) is 0 Å². The summed E-state index contributed by atoms with van der Waals surface area (Å²) in [7, 11) is 0. The number of para-hydroxylation sites is 1. The van der Waals surface area contributed by atoms with E-state index in [-0.39, 0.29) is 0 Å². The van der Waals surface area contributed by atoms with Gasteiger partial charge in [0.15, 0.2) is 5.65 Å². The van der Waals surface area contributed by atoms with Crippen LogP contribution in [0.25, 0.3) is 28.1 Å². The smallest absolute Gasteiger partial charge is 0.265 e. The van der Waals surface area contributed by atoms with Gasteiger partial charge in [-0.1, -0.05) is 18.2 Å². The Kier molecular flexibility index (Phi) is 3.74. The fourth-order valence-corrected chi connectivity index (χ4v) is 2.62. The second-order valence-electron chi connectivity index (χ2n) is 5.73. The molecule has 2 N–H and O–H groups in total. The highest BCUT2D eigenvalue weighted by atomic mass is 16.3. The third kappa shape index (κ3) is 2.99. The van der Waals surface area contributed by atoms with Crippen molar-refractivity contribution in [3.63, 3.8) is 0 Å². The predicted octanol–water partition coefficient (Wildman–Crippen LogP) is 3.91. The Morgan fingerprint density at radius 3 is 3.00 bits per heavy atom. The third-order valence-electron chi connectivity index (χ3n) is 3.80. The van der Waals surface area contributed by atoms with Crippen molar-refractivity contribution in [2.45, 2.75) is 13.8 Å². The summed E-state index contributed by atoms with van der Waals surface area (Å²) >= 11 is 0. The molecule has 0 spiro atoms. The Morgan fingerprint density at radius 1 is 1.24 bits per heavy atom. The first kappa shape index (κ1) is 15.1. The summed E-state index contributed by atoms with van der Waals surface area (Å²) in [6.07, 6.45) is 5.19. The standard InChI is InChI=1S/C18H16N6O/c1-11(9-13-6-4-8-25-13)10-19-23-18-21-17-16(22-24-18)14-7-3-5-12(2)15(14)20-17/h3-10H,1-2H3,(H2,20,21,23,24)/b11-9+,19-10?. The molecule has 0 aliphatic heterocycles. The quantitative estimate of drug-likeness (QED) is 0.437. The van der Waals surface area contributed by atoms with Gasteiger partial charge in [0.05, 0.1) is 18.0 Å². The molecule has 1 aromatic carbocycles. The fourth-order valence-electron chi connectivity index (χ4n) is 2.62. The topological polar surface area (TPSA) is 92.0 Å². The second-order valence-corrected chi connectivity index (χ2v) is 5.73. The molecular weight excluding hydrogens is 316 g/mol. The molecule has 0 bridgehead atoms. The normalized spacial score (nSPS) is 12.5. The van der Waals surface area contributed by atoms with Gasteiger partial charge in [0.1, 0.15) is 11.3 Å². The summed E-state index contributed by atoms with van der Waals surface area (Å²) in [6.45, 7) is 3.97. The number of benzene rings is 1. The Bertz CT molecular complexity index is 1090. The van der Waals surface area contributed by atoms with Crippen LogP contribution in [0.2, 0.25) is 0 Å². The van der Waals surface area contributed by atoms with Gasteiger partial charge in [0, 0.05) is 5.39 Å². The highest BCUT2D eigenvalue weighted by Gasteiger charge is 2.09. The van der Waals surface area contributed by atoms with Crippen LogP contribution in [0.15, 0.2) is 51.7 Å². The molecule has 4 aromatic rings. The average molecular weight is 332 g/mol. The molecule has 0 unspecified atom stereocenters. The Morgan fingerprint density at radius 2 is 2.16 bits per heavy atom. The third-order valence-corrected chi connectivity index (χ3v) is 3.80. The maximum atomic E-state index is 5.26. The molecule has 3 aromatic heterocycles. The maximum Gasteiger partial charge on any atom is 0.265 e. The van der Waals surface area contributed by atoms with Crippen LogP contribution >= 0.6 is 0 Å². The number of H-pyrrole nitrogens is 1. The molecule has 124 valence electrons. The van der Waals surface area contributed by atoms with Crippen molar-refractivity contribution in [3.8, 4) is 0 Å². The number of nitrogens with zero attached hydrogens (tertiary/aromatic N) is 4. The van der Waals surface area contributed by atoms with Gasteiger partial charge >= 0.3 is 0 Å². The molecule has 0 saturated carbocycles. The number of fused-ring (bicyclic) bond motifs is 3. The number of allylic oxidation sites excluding steroid dienone is 1. The number of hydrogen-bond donors (Lipinski definition) is 2. The van der Waals surface area contributed by atoms with Crippen molar-refractivity contribution in [3.05, 3.63) is 53.5 Å². The first-order chi connectivity index (χ1) is 12.2. The van der Waals surface area contributed by atoms with Crippen LogP contribution in [-0.2, 0) is 0 Å². The number of aromatic nitrogens is 4. The first-order valence-corrected chi connectivity index (χ1v) is 7.83. The lowest BCUT2D eigenvalue weighted by Gasteiger charge is -1.97. The number of rotatable bonds is 4. The van der Waals surface area contributed by atoms with E-state index in [1.54, 1.807) is 12.5 Å². The highest BCUT2D eigenvalue weighted by molar-refractivity contribution is 6.04. The van der Waals surface area contributed by atoms with Crippen molar-refractivity contribution >= 4 is 40.3 Å². The lowest BCUT2D eigenvalue weighted by atomic mass is 10.1. The van der Waals surface area contributed by atoms with Gasteiger partial charge in [-0.3, -0.25) is 0 Å². The molecule has 7 nitrogen and oxygen atoms in total. The SMILES string of the molecule is C/C(C=NNc1nnc2c(n1)[nH]c1c(C)cccc12)=C\c1ccco1. The van der Waals surface area contributed by atoms with Crippen LogP contribution in [0.4, 0.5) is 5.95 Å². The van der Waals surface area contributed by atoms with E-state index in [0.717, 1.165) is 33.3 Å². The van der Waals surface area contributed by atoms with Crippen molar-refractivity contribution in [2.75, 3.05) is 5.43 Å². The zero-order valence-corrected chi connectivity index (χ0v) is 13.8. The minimum Gasteiger partial charge on any atom is -0.465 e. The molecule has 0 amide bonds. The van der Waals surface area contributed by atoms with Crippen LogP contribution in [0.5, 0.6) is 0 Å². The number of furan rings is 1. The average Bonchev–Trinajstić information content (AvgIpc) is 3.23. The van der Waals surface area contributed by atoms with E-state index < -0.39 is 0 Å². The Hall–Kier alpha value is -3.48. The van der Waals surface area contributed by atoms with Crippen LogP contribution in [-0.4, -0.2) is 26.4 Å². The van der Waals surface area contributed by atoms with E-state index in [4.69, 9.17) is 4.42 Å². The van der Waals surface area contributed by atoms with Gasteiger partial charge in [-0.25, -0.2) is 5.43 Å². The van der Waals surface area contributed by atoms with Crippen molar-refractivity contribution in [2.24, 2.45) is 5.10 Å². The van der Waals surface area contributed by atoms with E-state index in [1.165, 1.54) is 0 Å². The van der Waals surface area contributed by atoms with Gasteiger partial charge in [0.25, 0.3) is 5.95 Å². The summed E-state index contributed by atoms with van der Waals surface area (Å²) in [5, 5.41) is 13.5. The van der Waals surface area contributed by atoms with Crippen molar-refractivity contribution < 1.29 is 4.42 Å². The van der Waals surface area contributed by atoms with Gasteiger partial charge in [-0.05, 0) is 43.2 Å². The Balaban J connectivity index is 1.57. The molecule has 0 aliphatic carbocycles. The zero-order valence-electron chi connectivity index (χ0n) is 13.8. The van der Waals surface area contributed by atoms with E-state index >= 15 is 0 Å². The molecule has 0 atom stereocenters. The number of aryl methyl sites for hydroxylation is 1. The van der Waals surface area contributed by atoms with Crippen LogP contribution < -0.4 is 5.43 Å². The minimum atomic E-state index is 0.332. The summed E-state index contributed by atoms with van der Waals surface area (Å²) in [5.41, 5.74) is 7.33. The highest BCUT2D eigenvalue weighted by Crippen LogP contribution is 2.24. The molecule has 0 radical (unpaired) electrons. The molecule has 25 heavy (non-hydrogen) atoms. The summed E-state index contributed by atoms with van der Waals surface area (Å²) in [4.78, 5) is 7.72. The number of hydrogen-bond acceptors (Lipinski definition) is 6. The van der Waals surface area contributed by atoms with E-state index in [9.17, 15) is 0 Å². The van der Waals surface area contributed by atoms with Gasteiger partial charge in [-0.2, -0.15) is 10.1 Å². The van der Waals surface area contributed by atoms with Crippen molar-refractivity contribution in [1.82, 2.24) is 20.2 Å². The molecule has 0 aliphatic rings. The van der Waals surface area contributed by atoms with Gasteiger partial charge in [-0.15, -0.1) is 10.2 Å². The first-order valence-electron chi connectivity index (χ1n) is 7.83. The monoisotopic (exact) mass is 332 g/mol. The maximum absolute atomic E-state index is 5.26. The van der Waals surface area contributed by atoms with Crippen LogP contribution in [0.1, 0.15) is 18.2 Å². The molecule has 3 heterocycles. The fraction of sp³-hybridized carbons (Fsp3) is 0.111. The number of nitrogens with one attached hydrogen (secondary N) is 2. The second kappa shape index (κ2) is 6.20. The molecule has 0 fully saturated rings. The minimum absolute atomic E-state index is 0.332. The van der Waals surface area contributed by atoms with Crippen LogP contribution in [0, 0.1) is 6.92 Å². The molecule has 7 heteroatoms. The molecular formula is C18H16N6O. The lowest BCUT2D eigenvalue weighted by molar-refractivity contribution is 0.557. The number of aromatic amines is 1. The summed E-state index contributed by atoms with van der Waals surface area (Å²) in [6, 6.07) is 9.76. The van der Waals surface area contributed by atoms with E-state index in [2.05, 4.69) is 30.7 Å². The largest absolute Gasteiger partial charge is 0.465 e. The number of hydrazone groups is 1. The van der Waals surface area contributed by atoms with E-state index in [0.29, 0.717) is 11.6 Å². The Labute approximate surface area is 143 Å². The van der Waals surface area contributed by atoms with Crippen LogP contribution in [0.3, 0.4) is 0 Å². The summed E-state index contributed by atoms with van der Waals surface area (Å²) < 4.78 is 5.26. The van der Waals surface area contributed by atoms with Gasteiger partial charge < -0.3 is 9.40 Å². The molecule has 0 saturated heterocycles. The van der Waals surface area contributed by atoms with E-state index in [1.807, 2.05) is 50.3 Å². The lowest BCUT2D eigenvalue weighted by Crippen LogP contribution is -1.98. The molecule has 4 rings (SSSR count). The van der Waals surface area contributed by atoms with Crippen molar-refractivity contribution in [1.29, 1.82) is 0 Å². The number of anilines is 1.